The molecule has 0 unspecified atom stereocenters. The summed E-state index contributed by atoms with van der Waals surface area (Å²) in [5, 5.41) is 8.94. The van der Waals surface area contributed by atoms with E-state index in [0.717, 1.165) is 19.3 Å². The molecular formula is C14H15NO4. The van der Waals surface area contributed by atoms with Crippen molar-refractivity contribution in [2.75, 3.05) is 7.11 Å². The maximum Gasteiger partial charge on any atom is 0.335 e. The number of hydrogen-bond donors (Lipinski definition) is 1. The molecule has 2 aromatic rings. The molecular weight excluding hydrogens is 246 g/mol. The number of ether oxygens (including phenoxy) is 1. The van der Waals surface area contributed by atoms with Crippen LogP contribution in [0, 0.1) is 0 Å². The van der Waals surface area contributed by atoms with Crippen LogP contribution in [-0.2, 0) is 11.2 Å². The van der Waals surface area contributed by atoms with Gasteiger partial charge in [0.15, 0.2) is 11.5 Å². The van der Waals surface area contributed by atoms with Gasteiger partial charge in [0.2, 0.25) is 0 Å². The van der Waals surface area contributed by atoms with Gasteiger partial charge in [-0.3, -0.25) is 0 Å². The van der Waals surface area contributed by atoms with Gasteiger partial charge >= 0.3 is 5.97 Å². The van der Waals surface area contributed by atoms with Crippen LogP contribution in [0.1, 0.15) is 35.5 Å². The molecule has 0 saturated heterocycles. The molecule has 1 heterocycles. The van der Waals surface area contributed by atoms with Crippen LogP contribution in [0.15, 0.2) is 22.6 Å². The molecule has 1 fully saturated rings. The lowest BCUT2D eigenvalue weighted by Gasteiger charge is -2.39. The van der Waals surface area contributed by atoms with E-state index in [-0.39, 0.29) is 11.2 Å². The Kier molecular flexibility index (Phi) is 2.78. The summed E-state index contributed by atoms with van der Waals surface area (Å²) in [6.45, 7) is 0. The second-order valence-corrected chi connectivity index (χ2v) is 5.01. The Morgan fingerprint density at radius 1 is 1.53 bits per heavy atom. The molecule has 5 nitrogen and oxygen atoms in total. The largest absolute Gasteiger partial charge is 0.478 e. The number of fused-ring (bicyclic) bond motifs is 1. The van der Waals surface area contributed by atoms with Crippen molar-refractivity contribution in [3.63, 3.8) is 0 Å². The van der Waals surface area contributed by atoms with Crippen LogP contribution >= 0.6 is 0 Å². The van der Waals surface area contributed by atoms with Crippen molar-refractivity contribution in [1.82, 2.24) is 4.98 Å². The first kappa shape index (κ1) is 12.2. The minimum absolute atomic E-state index is 0.142. The number of aromatic carboxylic acids is 1. The zero-order chi connectivity index (χ0) is 13.5. The highest BCUT2D eigenvalue weighted by molar-refractivity contribution is 5.91. The van der Waals surface area contributed by atoms with Crippen LogP contribution in [-0.4, -0.2) is 28.8 Å². The van der Waals surface area contributed by atoms with E-state index in [4.69, 9.17) is 14.3 Å². The molecule has 1 aromatic heterocycles. The number of benzene rings is 1. The minimum Gasteiger partial charge on any atom is -0.478 e. The van der Waals surface area contributed by atoms with E-state index in [1.807, 2.05) is 0 Å². The smallest absolute Gasteiger partial charge is 0.335 e. The molecule has 19 heavy (non-hydrogen) atoms. The molecule has 3 rings (SSSR count). The summed E-state index contributed by atoms with van der Waals surface area (Å²) < 4.78 is 11.2. The van der Waals surface area contributed by atoms with Gasteiger partial charge in [0.25, 0.3) is 0 Å². The Balaban J connectivity index is 1.91. The predicted molar refractivity (Wildman–Crippen MR) is 68.3 cm³/mol. The number of nitrogens with zero attached hydrogens (tertiary/aromatic N) is 1. The van der Waals surface area contributed by atoms with E-state index in [2.05, 4.69) is 4.98 Å². The van der Waals surface area contributed by atoms with E-state index in [9.17, 15) is 4.79 Å². The molecule has 0 amide bonds. The van der Waals surface area contributed by atoms with Crippen molar-refractivity contribution in [3.05, 3.63) is 29.7 Å². The highest BCUT2D eigenvalue weighted by Gasteiger charge is 2.38. The Morgan fingerprint density at radius 2 is 2.32 bits per heavy atom. The maximum atomic E-state index is 10.9. The molecule has 0 aliphatic heterocycles. The van der Waals surface area contributed by atoms with Crippen LogP contribution < -0.4 is 0 Å². The molecule has 1 saturated carbocycles. The van der Waals surface area contributed by atoms with Gasteiger partial charge in [0.1, 0.15) is 5.52 Å². The minimum atomic E-state index is -0.966. The third-order valence-corrected chi connectivity index (χ3v) is 3.85. The van der Waals surface area contributed by atoms with E-state index >= 15 is 0 Å². The number of carbonyl (C=O) groups is 1. The van der Waals surface area contributed by atoms with Gasteiger partial charge in [-0.25, -0.2) is 9.78 Å². The first-order valence-corrected chi connectivity index (χ1v) is 6.30. The summed E-state index contributed by atoms with van der Waals surface area (Å²) >= 11 is 0. The molecule has 1 aliphatic rings. The van der Waals surface area contributed by atoms with Crippen molar-refractivity contribution < 1.29 is 19.1 Å². The summed E-state index contributed by atoms with van der Waals surface area (Å²) in [7, 11) is 1.71. The number of oxazole rings is 1. The molecule has 1 aliphatic carbocycles. The van der Waals surface area contributed by atoms with Crippen LogP contribution in [0.3, 0.4) is 0 Å². The first-order valence-electron chi connectivity index (χ1n) is 6.30. The zero-order valence-electron chi connectivity index (χ0n) is 10.7. The van der Waals surface area contributed by atoms with Gasteiger partial charge in [-0.1, -0.05) is 0 Å². The normalized spacial score (nSPS) is 17.3. The van der Waals surface area contributed by atoms with E-state index in [0.29, 0.717) is 23.4 Å². The van der Waals surface area contributed by atoms with E-state index < -0.39 is 5.97 Å². The fourth-order valence-corrected chi connectivity index (χ4v) is 2.48. The Bertz CT molecular complexity index is 622. The second-order valence-electron chi connectivity index (χ2n) is 5.01. The standard InChI is InChI=1S/C14H15NO4/c1-18-14(5-2-6-14)8-12-15-10-4-3-9(13(16)17)7-11(10)19-12/h3-4,7H,2,5-6,8H2,1H3,(H,16,17). The van der Waals surface area contributed by atoms with Gasteiger partial charge in [0, 0.05) is 7.11 Å². The lowest BCUT2D eigenvalue weighted by atomic mass is 9.77. The Morgan fingerprint density at radius 3 is 2.89 bits per heavy atom. The fraction of sp³-hybridized carbons (Fsp3) is 0.429. The van der Waals surface area contributed by atoms with Crippen LogP contribution in [0.25, 0.3) is 11.1 Å². The van der Waals surface area contributed by atoms with Gasteiger partial charge in [0.05, 0.1) is 17.6 Å². The third-order valence-electron chi connectivity index (χ3n) is 3.85. The van der Waals surface area contributed by atoms with E-state index in [1.54, 1.807) is 13.2 Å². The van der Waals surface area contributed by atoms with Crippen molar-refractivity contribution in [2.45, 2.75) is 31.3 Å². The molecule has 0 atom stereocenters. The number of rotatable bonds is 4. The van der Waals surface area contributed by atoms with Crippen LogP contribution in [0.5, 0.6) is 0 Å². The Hall–Kier alpha value is -1.88. The van der Waals surface area contributed by atoms with Gasteiger partial charge in [-0.2, -0.15) is 0 Å². The van der Waals surface area contributed by atoms with Gasteiger partial charge in [-0.15, -0.1) is 0 Å². The number of methoxy groups -OCH3 is 1. The summed E-state index contributed by atoms with van der Waals surface area (Å²) in [5.41, 5.74) is 1.27. The Labute approximate surface area is 110 Å². The molecule has 1 aromatic carbocycles. The first-order chi connectivity index (χ1) is 9.12. The molecule has 0 spiro atoms. The maximum absolute atomic E-state index is 10.9. The highest BCUT2D eigenvalue weighted by atomic mass is 16.5. The fourth-order valence-electron chi connectivity index (χ4n) is 2.48. The average Bonchev–Trinajstić information content (AvgIpc) is 2.74. The van der Waals surface area contributed by atoms with Crippen molar-refractivity contribution in [1.29, 1.82) is 0 Å². The van der Waals surface area contributed by atoms with Crippen molar-refractivity contribution in [3.8, 4) is 0 Å². The summed E-state index contributed by atoms with van der Waals surface area (Å²) in [4.78, 5) is 15.3. The SMILES string of the molecule is COC1(Cc2nc3ccc(C(=O)O)cc3o2)CCC1. The van der Waals surface area contributed by atoms with Crippen LogP contribution in [0.4, 0.5) is 0 Å². The average molecular weight is 261 g/mol. The summed E-state index contributed by atoms with van der Waals surface area (Å²) in [5.74, 6) is -0.355. The summed E-state index contributed by atoms with van der Waals surface area (Å²) in [6, 6.07) is 4.72. The predicted octanol–water partition coefficient (Wildman–Crippen LogP) is 2.64. The molecule has 5 heteroatoms. The number of carboxylic acid groups (broad SMARTS) is 1. The van der Waals surface area contributed by atoms with Crippen LogP contribution in [0.2, 0.25) is 0 Å². The number of aromatic nitrogens is 1. The van der Waals surface area contributed by atoms with Gasteiger partial charge in [-0.05, 0) is 37.5 Å². The van der Waals surface area contributed by atoms with Crippen molar-refractivity contribution in [2.24, 2.45) is 0 Å². The highest BCUT2D eigenvalue weighted by Crippen LogP contribution is 2.38. The topological polar surface area (TPSA) is 72.6 Å². The quantitative estimate of drug-likeness (QED) is 0.915. The monoisotopic (exact) mass is 261 g/mol. The lowest BCUT2D eigenvalue weighted by Crippen LogP contribution is -2.41. The third kappa shape index (κ3) is 2.10. The number of carboxylic acids is 1. The second kappa shape index (κ2) is 4.35. The summed E-state index contributed by atoms with van der Waals surface area (Å²) in [6.07, 6.45) is 3.84. The lowest BCUT2D eigenvalue weighted by molar-refractivity contribution is -0.0743. The van der Waals surface area contributed by atoms with Gasteiger partial charge < -0.3 is 14.3 Å². The zero-order valence-corrected chi connectivity index (χ0v) is 10.7. The van der Waals surface area contributed by atoms with E-state index in [1.165, 1.54) is 12.1 Å². The number of hydrogen-bond acceptors (Lipinski definition) is 4. The molecule has 0 radical (unpaired) electrons. The van der Waals surface area contributed by atoms with Crippen molar-refractivity contribution >= 4 is 17.1 Å². The molecule has 1 N–H and O–H groups in total. The molecule has 100 valence electrons. The molecule has 0 bridgehead atoms.